The molecule has 1 aliphatic rings. The molecule has 0 saturated heterocycles. The Morgan fingerprint density at radius 1 is 0.972 bits per heavy atom. The van der Waals surface area contributed by atoms with Crippen molar-refractivity contribution in [1.82, 2.24) is 0 Å². The summed E-state index contributed by atoms with van der Waals surface area (Å²) in [7, 11) is 1.69. The molecule has 36 heavy (non-hydrogen) atoms. The first-order chi connectivity index (χ1) is 17.6. The Bertz CT molecular complexity index is 1480. The van der Waals surface area contributed by atoms with Crippen LogP contribution in [0.2, 0.25) is 0 Å². The lowest BCUT2D eigenvalue weighted by Crippen LogP contribution is -2.33. The summed E-state index contributed by atoms with van der Waals surface area (Å²) in [4.78, 5) is 3.73. The minimum absolute atomic E-state index is 0.876. The Labute approximate surface area is 222 Å². The number of benzene rings is 3. The SMILES string of the molecule is CCN1/C(=C/C(C)=C/c2sc3ccccc3[n+]2CC)Sc2ccc(/C=C/c3ccc(OC)cc3)cc21. The molecule has 0 saturated carbocycles. The summed E-state index contributed by atoms with van der Waals surface area (Å²) in [6.07, 6.45) is 8.97. The Hall–Kier alpha value is -3.28. The van der Waals surface area contributed by atoms with E-state index in [-0.39, 0.29) is 0 Å². The van der Waals surface area contributed by atoms with Crippen LogP contribution in [-0.2, 0) is 6.54 Å². The number of thiazole rings is 1. The number of aromatic nitrogens is 1. The average molecular weight is 512 g/mol. The highest BCUT2D eigenvalue weighted by molar-refractivity contribution is 8.03. The van der Waals surface area contributed by atoms with Gasteiger partial charge in [-0.25, -0.2) is 0 Å². The highest BCUT2D eigenvalue weighted by Crippen LogP contribution is 2.46. The molecule has 0 aliphatic carbocycles. The van der Waals surface area contributed by atoms with Crippen molar-refractivity contribution in [3.05, 3.63) is 99.5 Å². The van der Waals surface area contributed by atoms with Crippen LogP contribution in [0.1, 0.15) is 36.9 Å². The first-order valence-corrected chi connectivity index (χ1v) is 14.0. The van der Waals surface area contributed by atoms with Gasteiger partial charge in [-0.2, -0.15) is 4.57 Å². The Kier molecular flexibility index (Phi) is 7.30. The van der Waals surface area contributed by atoms with Crippen molar-refractivity contribution in [3.63, 3.8) is 0 Å². The Morgan fingerprint density at radius 3 is 2.47 bits per heavy atom. The zero-order chi connectivity index (χ0) is 25.1. The molecule has 0 radical (unpaired) electrons. The number of ether oxygens (including phenoxy) is 1. The molecule has 5 heteroatoms. The van der Waals surface area contributed by atoms with E-state index in [1.165, 1.54) is 42.0 Å². The number of para-hydroxylation sites is 1. The largest absolute Gasteiger partial charge is 0.497 e. The molecule has 3 nitrogen and oxygen atoms in total. The molecule has 5 rings (SSSR count). The molecule has 0 fully saturated rings. The van der Waals surface area contributed by atoms with Crippen molar-refractivity contribution in [3.8, 4) is 5.75 Å². The van der Waals surface area contributed by atoms with E-state index in [9.17, 15) is 0 Å². The fourth-order valence-corrected chi connectivity index (χ4v) is 6.94. The first-order valence-electron chi connectivity index (χ1n) is 12.3. The number of allylic oxidation sites excluding steroid dienone is 2. The van der Waals surface area contributed by atoms with Gasteiger partial charge >= 0.3 is 0 Å². The van der Waals surface area contributed by atoms with Gasteiger partial charge in [-0.15, -0.1) is 0 Å². The zero-order valence-corrected chi connectivity index (χ0v) is 22.8. The van der Waals surface area contributed by atoms with Crippen molar-refractivity contribution in [2.24, 2.45) is 0 Å². The number of anilines is 1. The van der Waals surface area contributed by atoms with Crippen LogP contribution < -0.4 is 14.2 Å². The summed E-state index contributed by atoms with van der Waals surface area (Å²) in [6, 6.07) is 23.5. The number of rotatable bonds is 7. The summed E-state index contributed by atoms with van der Waals surface area (Å²) in [5.41, 5.74) is 6.21. The van der Waals surface area contributed by atoms with Gasteiger partial charge in [0.2, 0.25) is 5.52 Å². The van der Waals surface area contributed by atoms with Crippen LogP contribution in [0.4, 0.5) is 5.69 Å². The smallest absolute Gasteiger partial charge is 0.262 e. The Balaban J connectivity index is 1.39. The molecule has 182 valence electrons. The molecule has 3 aromatic carbocycles. The fraction of sp³-hybridized carbons (Fsp3) is 0.194. The highest BCUT2D eigenvalue weighted by atomic mass is 32.2. The second kappa shape index (κ2) is 10.8. The van der Waals surface area contributed by atoms with Crippen molar-refractivity contribution in [1.29, 1.82) is 0 Å². The topological polar surface area (TPSA) is 16.4 Å². The molecule has 0 bridgehead atoms. The second-order valence-electron chi connectivity index (χ2n) is 8.70. The van der Waals surface area contributed by atoms with Gasteiger partial charge < -0.3 is 9.64 Å². The third-order valence-corrected chi connectivity index (χ3v) is 8.53. The molecule has 1 aromatic heterocycles. The van der Waals surface area contributed by atoms with Crippen LogP contribution in [0.25, 0.3) is 28.4 Å². The van der Waals surface area contributed by atoms with Crippen molar-refractivity contribution in [2.75, 3.05) is 18.6 Å². The maximum Gasteiger partial charge on any atom is 0.262 e. The predicted octanol–water partition coefficient (Wildman–Crippen LogP) is 8.26. The van der Waals surface area contributed by atoms with Crippen molar-refractivity contribution < 1.29 is 9.30 Å². The van der Waals surface area contributed by atoms with Crippen LogP contribution in [0.5, 0.6) is 5.75 Å². The van der Waals surface area contributed by atoms with Gasteiger partial charge in [-0.1, -0.05) is 65.6 Å². The van der Waals surface area contributed by atoms with E-state index in [1.807, 2.05) is 35.2 Å². The summed E-state index contributed by atoms with van der Waals surface area (Å²) in [6.45, 7) is 8.54. The van der Waals surface area contributed by atoms with E-state index in [0.29, 0.717) is 0 Å². The van der Waals surface area contributed by atoms with Crippen molar-refractivity contribution in [2.45, 2.75) is 32.2 Å². The minimum Gasteiger partial charge on any atom is -0.497 e. The number of hydrogen-bond acceptors (Lipinski definition) is 4. The fourth-order valence-electron chi connectivity index (χ4n) is 4.48. The lowest BCUT2D eigenvalue weighted by atomic mass is 10.1. The van der Waals surface area contributed by atoms with E-state index < -0.39 is 0 Å². The molecular formula is C31H31N2OS2+. The third-order valence-electron chi connectivity index (χ3n) is 6.31. The number of hydrogen-bond donors (Lipinski definition) is 0. The second-order valence-corrected chi connectivity index (χ2v) is 10.8. The summed E-state index contributed by atoms with van der Waals surface area (Å²) in [5, 5.41) is 2.57. The molecule has 1 aliphatic heterocycles. The van der Waals surface area contributed by atoms with Crippen LogP contribution in [0, 0.1) is 0 Å². The van der Waals surface area contributed by atoms with Crippen LogP contribution in [0.15, 0.2) is 88.3 Å². The number of methoxy groups -OCH3 is 1. The molecular weight excluding hydrogens is 480 g/mol. The van der Waals surface area contributed by atoms with Gasteiger partial charge in [0.1, 0.15) is 17.0 Å². The van der Waals surface area contributed by atoms with E-state index in [1.54, 1.807) is 7.11 Å². The maximum atomic E-state index is 5.26. The monoisotopic (exact) mass is 511 g/mol. The van der Waals surface area contributed by atoms with Gasteiger partial charge in [-0.3, -0.25) is 0 Å². The number of thioether (sulfide) groups is 1. The lowest BCUT2D eigenvalue weighted by Gasteiger charge is -2.18. The van der Waals surface area contributed by atoms with Gasteiger partial charge in [0, 0.05) is 23.6 Å². The van der Waals surface area contributed by atoms with E-state index in [4.69, 9.17) is 4.74 Å². The normalized spacial score (nSPS) is 14.8. The molecule has 4 aromatic rings. The summed E-state index contributed by atoms with van der Waals surface area (Å²) in [5.74, 6) is 0.876. The van der Waals surface area contributed by atoms with Crippen LogP contribution in [0.3, 0.4) is 0 Å². The number of aryl methyl sites for hydroxylation is 1. The lowest BCUT2D eigenvalue weighted by molar-refractivity contribution is -0.665. The maximum absolute atomic E-state index is 5.26. The van der Waals surface area contributed by atoms with E-state index in [2.05, 4.69) is 109 Å². The molecule has 0 amide bonds. The average Bonchev–Trinajstić information content (AvgIpc) is 3.43. The Morgan fingerprint density at radius 2 is 1.72 bits per heavy atom. The standard InChI is InChI=1S/C31H31N2OS2/c1-5-32-26-9-7-8-10-28(26)35-30(32)19-22(3)20-31-33(6-2)27-21-24(15-18-29(27)36-31)12-11-23-13-16-25(34-4)17-14-23/h7-21H,5-6H2,1-4H3/q+1/b12-11+. The molecule has 0 N–H and O–H groups in total. The van der Waals surface area contributed by atoms with Crippen LogP contribution in [-0.4, -0.2) is 13.7 Å². The zero-order valence-electron chi connectivity index (χ0n) is 21.2. The number of fused-ring (bicyclic) bond motifs is 2. The summed E-state index contributed by atoms with van der Waals surface area (Å²) < 4.78 is 8.99. The van der Waals surface area contributed by atoms with Gasteiger partial charge in [-0.05, 0) is 73.9 Å². The first kappa shape index (κ1) is 24.4. The predicted molar refractivity (Wildman–Crippen MR) is 157 cm³/mol. The highest BCUT2D eigenvalue weighted by Gasteiger charge is 2.24. The van der Waals surface area contributed by atoms with Crippen LogP contribution >= 0.6 is 23.1 Å². The van der Waals surface area contributed by atoms with Gasteiger partial charge in [0.25, 0.3) is 5.01 Å². The van der Waals surface area contributed by atoms with E-state index >= 15 is 0 Å². The molecule has 0 atom stereocenters. The quantitative estimate of drug-likeness (QED) is 0.183. The summed E-state index contributed by atoms with van der Waals surface area (Å²) >= 11 is 3.71. The molecule has 0 spiro atoms. The molecule has 0 unspecified atom stereocenters. The third kappa shape index (κ3) is 4.99. The number of nitrogens with zero attached hydrogens (tertiary/aromatic N) is 2. The molecule has 2 heterocycles. The minimum atomic E-state index is 0.876. The van der Waals surface area contributed by atoms with Gasteiger partial charge in [0.15, 0.2) is 0 Å². The van der Waals surface area contributed by atoms with Gasteiger partial charge in [0.05, 0.1) is 17.8 Å². The van der Waals surface area contributed by atoms with E-state index in [0.717, 1.165) is 24.4 Å². The van der Waals surface area contributed by atoms with Crippen molar-refractivity contribution >= 4 is 57.2 Å².